The fourth-order valence-electron chi connectivity index (χ4n) is 2.18. The van der Waals surface area contributed by atoms with Gasteiger partial charge >= 0.3 is 5.97 Å². The molecule has 0 radical (unpaired) electrons. The lowest BCUT2D eigenvalue weighted by Crippen LogP contribution is -2.31. The number of hydrogen-bond donors (Lipinski definition) is 1. The van der Waals surface area contributed by atoms with Crippen LogP contribution in [0.5, 0.6) is 0 Å². The van der Waals surface area contributed by atoms with Gasteiger partial charge in [0.2, 0.25) is 5.91 Å². The molecule has 4 heteroatoms. The number of benzene rings is 1. The van der Waals surface area contributed by atoms with Crippen LogP contribution in [0.15, 0.2) is 24.3 Å². The Bertz CT molecular complexity index is 453. The molecular formula is C14H17NO3. The van der Waals surface area contributed by atoms with E-state index in [1.165, 1.54) is 5.56 Å². The second-order valence-corrected chi connectivity index (χ2v) is 4.83. The van der Waals surface area contributed by atoms with Gasteiger partial charge in [-0.05, 0) is 18.9 Å². The topological polar surface area (TPSA) is 57.6 Å². The van der Waals surface area contributed by atoms with E-state index in [1.807, 2.05) is 31.2 Å². The molecule has 1 N–H and O–H groups in total. The zero-order valence-electron chi connectivity index (χ0n) is 10.4. The van der Waals surface area contributed by atoms with Crippen LogP contribution in [0.3, 0.4) is 0 Å². The molecule has 1 unspecified atom stereocenters. The molecule has 2 rings (SSSR count). The summed E-state index contributed by atoms with van der Waals surface area (Å²) < 4.78 is 0. The lowest BCUT2D eigenvalue weighted by molar-refractivity contribution is -0.141. The molecule has 96 valence electrons. The Kier molecular flexibility index (Phi) is 3.65. The molecule has 0 spiro atoms. The number of carboxylic acids is 1. The summed E-state index contributed by atoms with van der Waals surface area (Å²) in [4.78, 5) is 24.5. The fraction of sp³-hybridized carbons (Fsp3) is 0.429. The normalized spacial score (nSPS) is 18.9. The molecule has 1 heterocycles. The van der Waals surface area contributed by atoms with E-state index >= 15 is 0 Å². The largest absolute Gasteiger partial charge is 0.481 e. The van der Waals surface area contributed by atoms with E-state index in [2.05, 4.69) is 0 Å². The summed E-state index contributed by atoms with van der Waals surface area (Å²) in [6, 6.07) is 7.84. The monoisotopic (exact) mass is 247 g/mol. The number of carbonyl (C=O) groups is 2. The predicted molar refractivity (Wildman–Crippen MR) is 67.2 cm³/mol. The van der Waals surface area contributed by atoms with Crippen molar-refractivity contribution >= 4 is 11.9 Å². The van der Waals surface area contributed by atoms with E-state index in [1.54, 1.807) is 4.90 Å². The molecule has 0 aromatic heterocycles. The van der Waals surface area contributed by atoms with Crippen molar-refractivity contribution in [2.75, 3.05) is 13.1 Å². The second-order valence-electron chi connectivity index (χ2n) is 4.83. The van der Waals surface area contributed by atoms with Crippen molar-refractivity contribution in [2.45, 2.75) is 19.8 Å². The second kappa shape index (κ2) is 5.21. The van der Waals surface area contributed by atoms with Crippen LogP contribution in [-0.2, 0) is 16.0 Å². The van der Waals surface area contributed by atoms with Gasteiger partial charge in [0.15, 0.2) is 0 Å². The number of rotatable bonds is 3. The van der Waals surface area contributed by atoms with Crippen molar-refractivity contribution in [3.05, 3.63) is 35.4 Å². The van der Waals surface area contributed by atoms with Gasteiger partial charge in [-0.1, -0.05) is 29.8 Å². The number of amides is 1. The zero-order chi connectivity index (χ0) is 13.1. The van der Waals surface area contributed by atoms with Crippen LogP contribution < -0.4 is 0 Å². The number of carboxylic acid groups (broad SMARTS) is 1. The molecule has 4 nitrogen and oxygen atoms in total. The maximum atomic E-state index is 12.0. The lowest BCUT2D eigenvalue weighted by Gasteiger charge is -2.15. The lowest BCUT2D eigenvalue weighted by atomic mass is 10.1. The first-order valence-electron chi connectivity index (χ1n) is 6.12. The van der Waals surface area contributed by atoms with E-state index in [-0.39, 0.29) is 5.91 Å². The molecule has 1 saturated heterocycles. The number of hydrogen-bond acceptors (Lipinski definition) is 2. The average Bonchev–Trinajstić information content (AvgIpc) is 2.81. The summed E-state index contributed by atoms with van der Waals surface area (Å²) in [6.07, 6.45) is 0.918. The molecule has 0 bridgehead atoms. The van der Waals surface area contributed by atoms with E-state index in [9.17, 15) is 9.59 Å². The Morgan fingerprint density at radius 2 is 2.00 bits per heavy atom. The highest BCUT2D eigenvalue weighted by Gasteiger charge is 2.30. The Balaban J connectivity index is 1.93. The standard InChI is InChI=1S/C14H17NO3/c1-10-2-4-11(5-3-10)8-13(16)15-7-6-12(9-15)14(17)18/h2-5,12H,6-9H2,1H3,(H,17,18). The first-order valence-corrected chi connectivity index (χ1v) is 6.12. The number of aliphatic carboxylic acids is 1. The predicted octanol–water partition coefficient (Wildman–Crippen LogP) is 1.47. The highest BCUT2D eigenvalue weighted by molar-refractivity contribution is 5.80. The fourth-order valence-corrected chi connectivity index (χ4v) is 2.18. The Morgan fingerprint density at radius 3 is 2.56 bits per heavy atom. The van der Waals surface area contributed by atoms with Gasteiger partial charge in [0.25, 0.3) is 0 Å². The minimum Gasteiger partial charge on any atom is -0.481 e. The van der Waals surface area contributed by atoms with Crippen molar-refractivity contribution in [3.8, 4) is 0 Å². The third kappa shape index (κ3) is 2.88. The van der Waals surface area contributed by atoms with Crippen molar-refractivity contribution in [3.63, 3.8) is 0 Å². The summed E-state index contributed by atoms with van der Waals surface area (Å²) in [5, 5.41) is 8.90. The van der Waals surface area contributed by atoms with Crippen LogP contribution in [0.4, 0.5) is 0 Å². The van der Waals surface area contributed by atoms with Crippen LogP contribution >= 0.6 is 0 Å². The van der Waals surface area contributed by atoms with Gasteiger partial charge in [-0.15, -0.1) is 0 Å². The van der Waals surface area contributed by atoms with Crippen molar-refractivity contribution < 1.29 is 14.7 Å². The van der Waals surface area contributed by atoms with Gasteiger partial charge in [-0.2, -0.15) is 0 Å². The number of likely N-dealkylation sites (tertiary alicyclic amines) is 1. The van der Waals surface area contributed by atoms with Gasteiger partial charge in [0.05, 0.1) is 12.3 Å². The van der Waals surface area contributed by atoms with Gasteiger partial charge < -0.3 is 10.0 Å². The van der Waals surface area contributed by atoms with Gasteiger partial charge in [-0.25, -0.2) is 0 Å². The van der Waals surface area contributed by atoms with Gasteiger partial charge in [0.1, 0.15) is 0 Å². The SMILES string of the molecule is Cc1ccc(CC(=O)N2CCC(C(=O)O)C2)cc1. The summed E-state index contributed by atoms with van der Waals surface area (Å²) in [5.41, 5.74) is 2.14. The van der Waals surface area contributed by atoms with Crippen LogP contribution in [-0.4, -0.2) is 35.0 Å². The van der Waals surface area contributed by atoms with E-state index in [0.29, 0.717) is 25.9 Å². The number of carbonyl (C=O) groups excluding carboxylic acids is 1. The quantitative estimate of drug-likeness (QED) is 0.880. The van der Waals surface area contributed by atoms with E-state index in [4.69, 9.17) is 5.11 Å². The molecule has 1 aliphatic heterocycles. The maximum Gasteiger partial charge on any atom is 0.308 e. The molecule has 1 fully saturated rings. The van der Waals surface area contributed by atoms with Crippen molar-refractivity contribution in [2.24, 2.45) is 5.92 Å². The summed E-state index contributed by atoms with van der Waals surface area (Å²) >= 11 is 0. The molecule has 1 amide bonds. The smallest absolute Gasteiger partial charge is 0.308 e. The van der Waals surface area contributed by atoms with Crippen LogP contribution in [0.2, 0.25) is 0 Å². The molecular weight excluding hydrogens is 230 g/mol. The van der Waals surface area contributed by atoms with E-state index < -0.39 is 11.9 Å². The molecule has 1 aromatic carbocycles. The zero-order valence-corrected chi connectivity index (χ0v) is 10.4. The molecule has 0 saturated carbocycles. The highest BCUT2D eigenvalue weighted by atomic mass is 16.4. The summed E-state index contributed by atoms with van der Waals surface area (Å²) in [5.74, 6) is -1.18. The van der Waals surface area contributed by atoms with Crippen molar-refractivity contribution in [1.29, 1.82) is 0 Å². The maximum absolute atomic E-state index is 12.0. The minimum atomic E-state index is -0.805. The van der Waals surface area contributed by atoms with Gasteiger partial charge in [0, 0.05) is 13.1 Å². The van der Waals surface area contributed by atoms with Crippen LogP contribution in [0.1, 0.15) is 17.5 Å². The first kappa shape index (κ1) is 12.6. The molecule has 1 atom stereocenters. The average molecular weight is 247 g/mol. The minimum absolute atomic E-state index is 0.0163. The van der Waals surface area contributed by atoms with Crippen LogP contribution in [0, 0.1) is 12.8 Å². The number of aryl methyl sites for hydroxylation is 1. The third-order valence-corrected chi connectivity index (χ3v) is 3.37. The molecule has 1 aliphatic rings. The molecule has 1 aromatic rings. The number of nitrogens with zero attached hydrogens (tertiary/aromatic N) is 1. The summed E-state index contributed by atoms with van der Waals surface area (Å²) in [6.45, 7) is 2.91. The molecule has 0 aliphatic carbocycles. The Hall–Kier alpha value is -1.84. The Labute approximate surface area is 106 Å². The Morgan fingerprint density at radius 1 is 1.33 bits per heavy atom. The third-order valence-electron chi connectivity index (χ3n) is 3.37. The highest BCUT2D eigenvalue weighted by Crippen LogP contribution is 2.17. The summed E-state index contributed by atoms with van der Waals surface area (Å²) in [7, 11) is 0. The van der Waals surface area contributed by atoms with Crippen LogP contribution in [0.25, 0.3) is 0 Å². The van der Waals surface area contributed by atoms with Gasteiger partial charge in [-0.3, -0.25) is 9.59 Å². The first-order chi connectivity index (χ1) is 8.56. The van der Waals surface area contributed by atoms with E-state index in [0.717, 1.165) is 5.56 Å². The molecule has 18 heavy (non-hydrogen) atoms. The van der Waals surface area contributed by atoms with Crippen molar-refractivity contribution in [1.82, 2.24) is 4.90 Å².